The van der Waals surface area contributed by atoms with Gasteiger partial charge < -0.3 is 9.32 Å². The van der Waals surface area contributed by atoms with Gasteiger partial charge in [0.05, 0.1) is 5.41 Å². The molecule has 1 heterocycles. The van der Waals surface area contributed by atoms with Gasteiger partial charge in [-0.2, -0.15) is 0 Å². The summed E-state index contributed by atoms with van der Waals surface area (Å²) in [6.07, 6.45) is 0. The topological polar surface area (TPSA) is 16.4 Å². The highest BCUT2D eigenvalue weighted by molar-refractivity contribution is 6.09. The maximum absolute atomic E-state index is 6.88. The van der Waals surface area contributed by atoms with E-state index in [1.807, 2.05) is 0 Å². The van der Waals surface area contributed by atoms with Crippen LogP contribution in [0.25, 0.3) is 55.3 Å². The van der Waals surface area contributed by atoms with Crippen molar-refractivity contribution in [1.29, 1.82) is 0 Å². The third kappa shape index (κ3) is 5.45. The van der Waals surface area contributed by atoms with Crippen molar-refractivity contribution in [3.8, 4) is 33.4 Å². The number of furan rings is 1. The molecule has 324 valence electrons. The largest absolute Gasteiger partial charge is 0.456 e. The minimum atomic E-state index is -0.524. The summed E-state index contributed by atoms with van der Waals surface area (Å²) in [6.45, 7) is 16.3. The molecule has 1 aromatic heterocycles. The molecular formula is C65H53NO. The molecule has 0 spiro atoms. The molecule has 0 bridgehead atoms. The fourth-order valence-corrected chi connectivity index (χ4v) is 12.6. The van der Waals surface area contributed by atoms with Gasteiger partial charge in [0.15, 0.2) is 0 Å². The van der Waals surface area contributed by atoms with Gasteiger partial charge in [-0.3, -0.25) is 0 Å². The standard InChI is InChI=1S/C65H53NO/c1-62(2,3)41-28-35-59-53(37-41)51-33-32-50-52-38-44(30-34-55(52)64(6,7)60(50)61(51)67-59)66(45-29-31-49-46-22-11-14-25-54(46)63(4,5)58(49)39-45)43-21-17-20-42(36-43)65(40-18-9-8-10-19-40)56-26-15-12-23-47(56)48-24-13-16-27-57(48)65/h8-39H,1-7H3. The lowest BCUT2D eigenvalue weighted by Crippen LogP contribution is -2.28. The molecule has 0 atom stereocenters. The van der Waals surface area contributed by atoms with Gasteiger partial charge in [0, 0.05) is 44.2 Å². The first-order valence-corrected chi connectivity index (χ1v) is 23.9. The molecule has 0 N–H and O–H groups in total. The van der Waals surface area contributed by atoms with Gasteiger partial charge in [-0.15, -0.1) is 0 Å². The number of hydrogen-bond donors (Lipinski definition) is 0. The van der Waals surface area contributed by atoms with Crippen molar-refractivity contribution in [2.75, 3.05) is 4.90 Å². The number of rotatable bonds is 5. The lowest BCUT2D eigenvalue weighted by Gasteiger charge is -2.35. The van der Waals surface area contributed by atoms with E-state index < -0.39 is 5.41 Å². The summed E-state index contributed by atoms with van der Waals surface area (Å²) in [5.74, 6) is 0. The number of anilines is 3. The lowest BCUT2D eigenvalue weighted by molar-refractivity contribution is 0.590. The molecule has 0 unspecified atom stereocenters. The lowest BCUT2D eigenvalue weighted by atomic mass is 9.67. The first kappa shape index (κ1) is 39.9. The normalized spacial score (nSPS) is 15.4. The second-order valence-corrected chi connectivity index (χ2v) is 21.3. The van der Waals surface area contributed by atoms with Crippen molar-refractivity contribution in [2.45, 2.75) is 70.1 Å². The molecule has 13 rings (SSSR count). The molecular weight excluding hydrogens is 811 g/mol. The van der Waals surface area contributed by atoms with Crippen LogP contribution in [0.1, 0.15) is 98.5 Å². The van der Waals surface area contributed by atoms with Crippen LogP contribution in [0, 0.1) is 0 Å². The van der Waals surface area contributed by atoms with E-state index in [1.165, 1.54) is 94.2 Å². The van der Waals surface area contributed by atoms with Crippen LogP contribution in [0.4, 0.5) is 17.1 Å². The Labute approximate surface area is 394 Å². The first-order valence-electron chi connectivity index (χ1n) is 23.9. The van der Waals surface area contributed by atoms with E-state index >= 15 is 0 Å². The molecule has 0 amide bonds. The van der Waals surface area contributed by atoms with Gasteiger partial charge in [0.2, 0.25) is 0 Å². The summed E-state index contributed by atoms with van der Waals surface area (Å²) in [7, 11) is 0. The Balaban J connectivity index is 1.04. The van der Waals surface area contributed by atoms with Crippen LogP contribution in [-0.4, -0.2) is 0 Å². The minimum Gasteiger partial charge on any atom is -0.456 e. The number of hydrogen-bond acceptors (Lipinski definition) is 2. The van der Waals surface area contributed by atoms with Crippen LogP contribution in [-0.2, 0) is 21.7 Å². The van der Waals surface area contributed by atoms with E-state index in [0.29, 0.717) is 0 Å². The Morgan fingerprint density at radius 3 is 1.67 bits per heavy atom. The van der Waals surface area contributed by atoms with Crippen LogP contribution in [0.3, 0.4) is 0 Å². The van der Waals surface area contributed by atoms with Gasteiger partial charge in [-0.05, 0) is 138 Å². The highest BCUT2D eigenvalue weighted by Crippen LogP contribution is 2.58. The predicted octanol–water partition coefficient (Wildman–Crippen LogP) is 17.3. The summed E-state index contributed by atoms with van der Waals surface area (Å²) in [5.41, 5.74) is 23.8. The summed E-state index contributed by atoms with van der Waals surface area (Å²) in [5, 5.41) is 2.37. The zero-order chi connectivity index (χ0) is 45.6. The smallest absolute Gasteiger partial charge is 0.140 e. The molecule has 67 heavy (non-hydrogen) atoms. The van der Waals surface area contributed by atoms with E-state index in [9.17, 15) is 0 Å². The molecule has 9 aromatic carbocycles. The van der Waals surface area contributed by atoms with Crippen LogP contribution < -0.4 is 4.90 Å². The highest BCUT2D eigenvalue weighted by Gasteiger charge is 2.46. The zero-order valence-corrected chi connectivity index (χ0v) is 39.3. The van der Waals surface area contributed by atoms with Crippen LogP contribution in [0.15, 0.2) is 199 Å². The summed E-state index contributed by atoms with van der Waals surface area (Å²) in [6, 6.07) is 73.2. The Morgan fingerprint density at radius 2 is 0.955 bits per heavy atom. The van der Waals surface area contributed by atoms with E-state index in [-0.39, 0.29) is 16.2 Å². The first-order chi connectivity index (χ1) is 32.4. The van der Waals surface area contributed by atoms with Crippen LogP contribution in [0.2, 0.25) is 0 Å². The zero-order valence-electron chi connectivity index (χ0n) is 39.3. The third-order valence-electron chi connectivity index (χ3n) is 15.9. The van der Waals surface area contributed by atoms with Crippen molar-refractivity contribution in [2.24, 2.45) is 0 Å². The fraction of sp³-hybridized carbons (Fsp3) is 0.169. The fourth-order valence-electron chi connectivity index (χ4n) is 12.6. The van der Waals surface area contributed by atoms with E-state index in [2.05, 4.69) is 247 Å². The quantitative estimate of drug-likeness (QED) is 0.171. The molecule has 2 nitrogen and oxygen atoms in total. The van der Waals surface area contributed by atoms with Crippen molar-refractivity contribution in [3.63, 3.8) is 0 Å². The number of benzene rings is 9. The van der Waals surface area contributed by atoms with Gasteiger partial charge >= 0.3 is 0 Å². The van der Waals surface area contributed by atoms with Gasteiger partial charge in [-0.25, -0.2) is 0 Å². The molecule has 10 aromatic rings. The van der Waals surface area contributed by atoms with E-state index in [0.717, 1.165) is 28.2 Å². The molecule has 3 aliphatic rings. The molecule has 0 saturated heterocycles. The number of nitrogens with zero attached hydrogens (tertiary/aromatic N) is 1. The summed E-state index contributed by atoms with van der Waals surface area (Å²) < 4.78 is 6.88. The molecule has 2 heteroatoms. The molecule has 0 radical (unpaired) electrons. The Morgan fingerprint density at radius 1 is 0.388 bits per heavy atom. The summed E-state index contributed by atoms with van der Waals surface area (Å²) >= 11 is 0. The third-order valence-corrected chi connectivity index (χ3v) is 15.9. The molecule has 0 fully saturated rings. The Kier molecular flexibility index (Phi) is 8.23. The monoisotopic (exact) mass is 863 g/mol. The predicted molar refractivity (Wildman–Crippen MR) is 280 cm³/mol. The van der Waals surface area contributed by atoms with Crippen molar-refractivity contribution in [3.05, 3.63) is 244 Å². The van der Waals surface area contributed by atoms with Crippen molar-refractivity contribution < 1.29 is 4.42 Å². The molecule has 0 saturated carbocycles. The second kappa shape index (κ2) is 13.8. The minimum absolute atomic E-state index is 0.0403. The maximum atomic E-state index is 6.88. The van der Waals surface area contributed by atoms with Crippen molar-refractivity contribution in [1.82, 2.24) is 0 Å². The highest BCUT2D eigenvalue weighted by atomic mass is 16.3. The van der Waals surface area contributed by atoms with Gasteiger partial charge in [0.1, 0.15) is 11.2 Å². The molecule has 3 aliphatic carbocycles. The van der Waals surface area contributed by atoms with Crippen LogP contribution >= 0.6 is 0 Å². The second-order valence-electron chi connectivity index (χ2n) is 21.3. The number of fused-ring (bicyclic) bond motifs is 13. The SMILES string of the molecule is CC(C)(C)c1ccc2oc3c4c(ccc3c2c1)-c1cc(N(c2cccc(C3(c5ccccc5)c5ccccc5-c5ccccc53)c2)c2ccc3c(c2)C(C)(C)c2ccccc2-3)ccc1C4(C)C. The molecule has 0 aliphatic heterocycles. The van der Waals surface area contributed by atoms with E-state index in [1.54, 1.807) is 0 Å². The maximum Gasteiger partial charge on any atom is 0.140 e. The van der Waals surface area contributed by atoms with E-state index in [4.69, 9.17) is 4.42 Å². The average Bonchev–Trinajstić information content (AvgIpc) is 4.01. The van der Waals surface area contributed by atoms with Crippen molar-refractivity contribution >= 4 is 39.0 Å². The van der Waals surface area contributed by atoms with Gasteiger partial charge in [-0.1, -0.05) is 188 Å². The Hall–Kier alpha value is -7.42. The Bertz CT molecular complexity index is 3640. The van der Waals surface area contributed by atoms with Crippen LogP contribution in [0.5, 0.6) is 0 Å². The summed E-state index contributed by atoms with van der Waals surface area (Å²) in [4.78, 5) is 2.51. The van der Waals surface area contributed by atoms with Gasteiger partial charge in [0.25, 0.3) is 0 Å². The average molecular weight is 864 g/mol.